The third-order valence-electron chi connectivity index (χ3n) is 3.38. The van der Waals surface area contributed by atoms with Gasteiger partial charge >= 0.3 is 0 Å². The van der Waals surface area contributed by atoms with Gasteiger partial charge in [-0.1, -0.05) is 36.2 Å². The molecule has 0 amide bonds. The topological polar surface area (TPSA) is 20.5 Å². The van der Waals surface area contributed by atoms with Crippen LogP contribution in [0.1, 0.15) is 32.9 Å². The van der Waals surface area contributed by atoms with Crippen LogP contribution in [0.3, 0.4) is 0 Å². The Balaban J connectivity index is 2.34. The Hall–Kier alpha value is -0.550. The SMILES string of the molecule is CCC(C)CN(CC)c1nc2sccn2c1CBr. The van der Waals surface area contributed by atoms with Crippen molar-refractivity contribution >= 4 is 38.0 Å². The average molecular weight is 330 g/mol. The van der Waals surface area contributed by atoms with Crippen LogP contribution in [-0.4, -0.2) is 22.5 Å². The minimum Gasteiger partial charge on any atom is -0.355 e. The van der Waals surface area contributed by atoms with Crippen molar-refractivity contribution in [3.63, 3.8) is 0 Å². The number of thiazole rings is 1. The van der Waals surface area contributed by atoms with E-state index in [0.717, 1.165) is 29.2 Å². The molecule has 0 spiro atoms. The van der Waals surface area contributed by atoms with Gasteiger partial charge in [-0.2, -0.15) is 0 Å². The lowest BCUT2D eigenvalue weighted by Gasteiger charge is -2.24. The first-order valence-corrected chi connectivity index (χ1v) is 8.46. The number of aromatic nitrogens is 2. The van der Waals surface area contributed by atoms with Gasteiger partial charge in [-0.15, -0.1) is 11.3 Å². The molecule has 2 aromatic heterocycles. The van der Waals surface area contributed by atoms with Gasteiger partial charge < -0.3 is 4.90 Å². The number of hydrogen-bond donors (Lipinski definition) is 0. The van der Waals surface area contributed by atoms with Crippen molar-refractivity contribution < 1.29 is 0 Å². The van der Waals surface area contributed by atoms with Crippen LogP contribution in [-0.2, 0) is 5.33 Å². The van der Waals surface area contributed by atoms with Crippen molar-refractivity contribution in [1.82, 2.24) is 9.38 Å². The molecule has 0 N–H and O–H groups in total. The predicted molar refractivity (Wildman–Crippen MR) is 83.0 cm³/mol. The van der Waals surface area contributed by atoms with Gasteiger partial charge in [0, 0.05) is 30.0 Å². The Morgan fingerprint density at radius 1 is 1.50 bits per heavy atom. The quantitative estimate of drug-likeness (QED) is 0.741. The number of halogens is 1. The zero-order chi connectivity index (χ0) is 13.1. The summed E-state index contributed by atoms with van der Waals surface area (Å²) in [6, 6.07) is 0. The Labute approximate surface area is 121 Å². The summed E-state index contributed by atoms with van der Waals surface area (Å²) in [5.41, 5.74) is 1.26. The monoisotopic (exact) mass is 329 g/mol. The van der Waals surface area contributed by atoms with Crippen LogP contribution in [0.4, 0.5) is 5.82 Å². The lowest BCUT2D eigenvalue weighted by atomic mass is 10.1. The molecule has 0 aliphatic carbocycles. The average Bonchev–Trinajstić information content (AvgIpc) is 2.95. The van der Waals surface area contributed by atoms with Gasteiger partial charge in [0.2, 0.25) is 0 Å². The highest BCUT2D eigenvalue weighted by atomic mass is 79.9. The maximum Gasteiger partial charge on any atom is 0.195 e. The van der Waals surface area contributed by atoms with Gasteiger partial charge in [0.25, 0.3) is 0 Å². The summed E-state index contributed by atoms with van der Waals surface area (Å²) in [5.74, 6) is 1.84. The van der Waals surface area contributed by atoms with Crippen molar-refractivity contribution in [3.05, 3.63) is 17.3 Å². The molecule has 0 bridgehead atoms. The van der Waals surface area contributed by atoms with E-state index in [4.69, 9.17) is 4.98 Å². The van der Waals surface area contributed by atoms with E-state index in [-0.39, 0.29) is 0 Å². The number of anilines is 1. The Morgan fingerprint density at radius 2 is 2.28 bits per heavy atom. The van der Waals surface area contributed by atoms with Crippen molar-refractivity contribution in [2.75, 3.05) is 18.0 Å². The normalized spacial score (nSPS) is 13.1. The first-order chi connectivity index (χ1) is 8.71. The van der Waals surface area contributed by atoms with Gasteiger partial charge in [0.05, 0.1) is 5.69 Å². The minimum absolute atomic E-state index is 0.702. The zero-order valence-electron chi connectivity index (χ0n) is 11.2. The molecule has 1 atom stereocenters. The molecule has 0 radical (unpaired) electrons. The highest BCUT2D eigenvalue weighted by Crippen LogP contribution is 2.27. The van der Waals surface area contributed by atoms with Crippen molar-refractivity contribution in [2.45, 2.75) is 32.5 Å². The van der Waals surface area contributed by atoms with Crippen LogP contribution in [0.25, 0.3) is 4.96 Å². The molecule has 0 aliphatic rings. The van der Waals surface area contributed by atoms with E-state index in [0.29, 0.717) is 5.92 Å². The predicted octanol–water partition coefficient (Wildman–Crippen LogP) is 4.16. The van der Waals surface area contributed by atoms with Gasteiger partial charge in [0.15, 0.2) is 10.8 Å². The van der Waals surface area contributed by atoms with Crippen LogP contribution in [0, 0.1) is 5.92 Å². The van der Waals surface area contributed by atoms with Crippen molar-refractivity contribution in [1.29, 1.82) is 0 Å². The fraction of sp³-hybridized carbons (Fsp3) is 0.615. The van der Waals surface area contributed by atoms with Crippen LogP contribution < -0.4 is 4.90 Å². The second-order valence-electron chi connectivity index (χ2n) is 4.62. The summed E-state index contributed by atoms with van der Waals surface area (Å²) in [7, 11) is 0. The van der Waals surface area contributed by atoms with Gasteiger partial charge in [0.1, 0.15) is 0 Å². The van der Waals surface area contributed by atoms with Gasteiger partial charge in [-0.25, -0.2) is 4.98 Å². The summed E-state index contributed by atoms with van der Waals surface area (Å²) in [6.45, 7) is 8.84. The maximum atomic E-state index is 4.78. The highest BCUT2D eigenvalue weighted by molar-refractivity contribution is 9.08. The molecular formula is C13H20BrN3S. The summed E-state index contributed by atoms with van der Waals surface area (Å²) in [6.07, 6.45) is 3.31. The molecule has 2 rings (SSSR count). The second kappa shape index (κ2) is 6.06. The minimum atomic E-state index is 0.702. The van der Waals surface area contributed by atoms with Crippen LogP contribution in [0.5, 0.6) is 0 Å². The van der Waals surface area contributed by atoms with E-state index in [1.165, 1.54) is 12.1 Å². The van der Waals surface area contributed by atoms with E-state index >= 15 is 0 Å². The number of imidazole rings is 1. The van der Waals surface area contributed by atoms with Gasteiger partial charge in [-0.3, -0.25) is 4.40 Å². The van der Waals surface area contributed by atoms with Crippen molar-refractivity contribution in [3.8, 4) is 0 Å². The Kier molecular flexibility index (Phi) is 4.67. The number of fused-ring (bicyclic) bond motifs is 1. The lowest BCUT2D eigenvalue weighted by molar-refractivity contribution is 0.545. The lowest BCUT2D eigenvalue weighted by Crippen LogP contribution is -2.29. The fourth-order valence-corrected chi connectivity index (χ4v) is 3.32. The molecule has 100 valence electrons. The Bertz CT molecular complexity index is 505. The highest BCUT2D eigenvalue weighted by Gasteiger charge is 2.18. The zero-order valence-corrected chi connectivity index (χ0v) is 13.6. The molecule has 2 heterocycles. The summed E-state index contributed by atoms with van der Waals surface area (Å²) >= 11 is 5.29. The van der Waals surface area contributed by atoms with E-state index in [1.54, 1.807) is 11.3 Å². The molecule has 18 heavy (non-hydrogen) atoms. The van der Waals surface area contributed by atoms with Gasteiger partial charge in [-0.05, 0) is 12.8 Å². The first-order valence-electron chi connectivity index (χ1n) is 6.46. The molecular weight excluding hydrogens is 310 g/mol. The summed E-state index contributed by atoms with van der Waals surface area (Å²) in [4.78, 5) is 8.26. The maximum absolute atomic E-state index is 4.78. The van der Waals surface area contributed by atoms with E-state index in [1.807, 2.05) is 0 Å². The second-order valence-corrected chi connectivity index (χ2v) is 6.06. The van der Waals surface area contributed by atoms with E-state index < -0.39 is 0 Å². The van der Waals surface area contributed by atoms with Crippen molar-refractivity contribution in [2.24, 2.45) is 5.92 Å². The van der Waals surface area contributed by atoms with Crippen LogP contribution in [0.2, 0.25) is 0 Å². The molecule has 3 nitrogen and oxygen atoms in total. The first kappa shape index (κ1) is 13.9. The number of hydrogen-bond acceptors (Lipinski definition) is 3. The number of alkyl halides is 1. The molecule has 5 heteroatoms. The largest absolute Gasteiger partial charge is 0.355 e. The molecule has 1 unspecified atom stereocenters. The Morgan fingerprint density at radius 3 is 2.89 bits per heavy atom. The molecule has 2 aromatic rings. The van der Waals surface area contributed by atoms with Crippen LogP contribution in [0.15, 0.2) is 11.6 Å². The third-order valence-corrected chi connectivity index (χ3v) is 4.66. The summed E-state index contributed by atoms with van der Waals surface area (Å²) < 4.78 is 2.19. The van der Waals surface area contributed by atoms with E-state index in [2.05, 4.69) is 57.6 Å². The molecule has 0 saturated carbocycles. The molecule has 0 aromatic carbocycles. The van der Waals surface area contributed by atoms with E-state index in [9.17, 15) is 0 Å². The third kappa shape index (κ3) is 2.57. The standard InChI is InChI=1S/C13H20BrN3S/c1-4-10(3)9-16(5-2)12-11(8-14)17-6-7-18-13(17)15-12/h6-7,10H,4-5,8-9H2,1-3H3. The molecule has 0 saturated heterocycles. The fourth-order valence-electron chi connectivity index (χ4n) is 2.07. The van der Waals surface area contributed by atoms with Crippen LogP contribution >= 0.6 is 27.3 Å². The number of nitrogens with zero attached hydrogens (tertiary/aromatic N) is 3. The molecule has 0 fully saturated rings. The summed E-state index contributed by atoms with van der Waals surface area (Å²) in [5, 5.41) is 2.93. The smallest absolute Gasteiger partial charge is 0.195 e. The molecule has 0 aliphatic heterocycles. The number of rotatable bonds is 6.